The quantitative estimate of drug-likeness (QED) is 0.517. The molecule has 0 fully saturated rings. The van der Waals surface area contributed by atoms with Crippen molar-refractivity contribution in [1.82, 2.24) is 19.6 Å². The Morgan fingerprint density at radius 3 is 2.73 bits per heavy atom. The Morgan fingerprint density at radius 2 is 2.00 bits per heavy atom. The van der Waals surface area contributed by atoms with Gasteiger partial charge in [0.05, 0.1) is 24.1 Å². The minimum Gasteiger partial charge on any atom is -0.494 e. The fraction of sp³-hybridized carbons (Fsp3) is 0.136. The Labute approximate surface area is 171 Å². The highest BCUT2D eigenvalue weighted by atomic mass is 19.3. The molecule has 0 amide bonds. The first-order valence-corrected chi connectivity index (χ1v) is 9.18. The van der Waals surface area contributed by atoms with Gasteiger partial charge in [0.2, 0.25) is 0 Å². The second-order valence-electron chi connectivity index (χ2n) is 6.34. The van der Waals surface area contributed by atoms with Crippen LogP contribution in [0.2, 0.25) is 0 Å². The summed E-state index contributed by atoms with van der Waals surface area (Å²) in [5, 5.41) is 4.06. The van der Waals surface area contributed by atoms with Gasteiger partial charge < -0.3 is 10.5 Å². The van der Waals surface area contributed by atoms with E-state index in [0.29, 0.717) is 40.6 Å². The molecule has 4 aromatic rings. The van der Waals surface area contributed by atoms with Crippen LogP contribution in [0.4, 0.5) is 14.6 Å². The molecular weight excluding hydrogens is 388 g/mol. The minimum absolute atomic E-state index is 0.250. The van der Waals surface area contributed by atoms with Gasteiger partial charge in [-0.2, -0.15) is 5.10 Å². The summed E-state index contributed by atoms with van der Waals surface area (Å²) in [6, 6.07) is 11.8. The van der Waals surface area contributed by atoms with E-state index in [0.717, 1.165) is 4.52 Å². The van der Waals surface area contributed by atoms with Gasteiger partial charge in [-0.1, -0.05) is 24.0 Å². The highest BCUT2D eigenvalue weighted by Gasteiger charge is 2.18. The summed E-state index contributed by atoms with van der Waals surface area (Å²) in [6.45, 7) is 2.38. The number of aromatic nitrogens is 4. The zero-order valence-electron chi connectivity index (χ0n) is 16.0. The number of anilines is 1. The van der Waals surface area contributed by atoms with Crippen LogP contribution in [-0.4, -0.2) is 26.2 Å². The number of benzene rings is 1. The van der Waals surface area contributed by atoms with Crippen LogP contribution in [0.25, 0.3) is 16.9 Å². The van der Waals surface area contributed by atoms with Crippen LogP contribution in [0.3, 0.4) is 0 Å². The van der Waals surface area contributed by atoms with Crippen molar-refractivity contribution in [3.63, 3.8) is 0 Å². The van der Waals surface area contributed by atoms with E-state index in [4.69, 9.17) is 10.5 Å². The van der Waals surface area contributed by atoms with Gasteiger partial charge in [0.25, 0.3) is 6.43 Å². The second-order valence-corrected chi connectivity index (χ2v) is 6.34. The normalized spacial score (nSPS) is 10.8. The van der Waals surface area contributed by atoms with Gasteiger partial charge in [-0.25, -0.2) is 23.3 Å². The lowest BCUT2D eigenvalue weighted by Crippen LogP contribution is -2.03. The number of fused-ring (bicyclic) bond motifs is 1. The van der Waals surface area contributed by atoms with Gasteiger partial charge in [0.1, 0.15) is 17.3 Å². The van der Waals surface area contributed by atoms with E-state index in [1.165, 1.54) is 18.5 Å². The summed E-state index contributed by atoms with van der Waals surface area (Å²) in [4.78, 5) is 8.53. The van der Waals surface area contributed by atoms with Gasteiger partial charge in [-0.15, -0.1) is 0 Å². The number of nitrogens with zero attached hydrogens (tertiary/aromatic N) is 4. The molecule has 0 saturated carbocycles. The predicted molar refractivity (Wildman–Crippen MR) is 109 cm³/mol. The summed E-state index contributed by atoms with van der Waals surface area (Å²) >= 11 is 0. The van der Waals surface area contributed by atoms with Crippen molar-refractivity contribution in [2.24, 2.45) is 0 Å². The molecule has 0 spiro atoms. The van der Waals surface area contributed by atoms with Gasteiger partial charge in [0.15, 0.2) is 5.65 Å². The van der Waals surface area contributed by atoms with E-state index in [9.17, 15) is 8.78 Å². The number of hydrogen-bond donors (Lipinski definition) is 1. The third-order valence-corrected chi connectivity index (χ3v) is 4.29. The monoisotopic (exact) mass is 405 g/mol. The first-order valence-electron chi connectivity index (χ1n) is 9.18. The molecule has 0 atom stereocenters. The zero-order valence-corrected chi connectivity index (χ0v) is 16.0. The number of pyridine rings is 1. The Kier molecular flexibility index (Phi) is 5.26. The summed E-state index contributed by atoms with van der Waals surface area (Å²) in [7, 11) is 0. The molecule has 8 heteroatoms. The summed E-state index contributed by atoms with van der Waals surface area (Å²) in [6.07, 6.45) is 0.231. The third kappa shape index (κ3) is 3.91. The lowest BCUT2D eigenvalue weighted by molar-refractivity contribution is 0.143. The van der Waals surface area contributed by atoms with E-state index in [1.54, 1.807) is 36.4 Å². The Balaban J connectivity index is 1.83. The van der Waals surface area contributed by atoms with Crippen LogP contribution in [-0.2, 0) is 0 Å². The first kappa shape index (κ1) is 19.3. The predicted octanol–water partition coefficient (Wildman–Crippen LogP) is 4.11. The average Bonchev–Trinajstić information content (AvgIpc) is 3.16. The maximum Gasteiger partial charge on any atom is 0.280 e. The molecule has 2 N–H and O–H groups in total. The minimum atomic E-state index is -2.73. The maximum atomic E-state index is 13.7. The van der Waals surface area contributed by atoms with Gasteiger partial charge in [-0.3, -0.25) is 0 Å². The maximum absolute atomic E-state index is 13.7. The van der Waals surface area contributed by atoms with Crippen molar-refractivity contribution in [2.75, 3.05) is 12.3 Å². The van der Waals surface area contributed by atoms with Gasteiger partial charge in [0, 0.05) is 17.3 Å². The topological polar surface area (TPSA) is 78.3 Å². The number of ether oxygens (including phenoxy) is 1. The van der Waals surface area contributed by atoms with Crippen molar-refractivity contribution < 1.29 is 13.5 Å². The van der Waals surface area contributed by atoms with E-state index in [-0.39, 0.29) is 11.3 Å². The molecule has 0 aliphatic carbocycles. The molecule has 1 aromatic carbocycles. The van der Waals surface area contributed by atoms with Gasteiger partial charge >= 0.3 is 0 Å². The van der Waals surface area contributed by atoms with Crippen molar-refractivity contribution in [3.05, 3.63) is 71.7 Å². The lowest BCUT2D eigenvalue weighted by Gasteiger charge is -2.09. The molecule has 3 aromatic heterocycles. The Bertz CT molecular complexity index is 1260. The number of rotatable bonds is 4. The highest BCUT2D eigenvalue weighted by Crippen LogP contribution is 2.28. The third-order valence-electron chi connectivity index (χ3n) is 4.29. The summed E-state index contributed by atoms with van der Waals surface area (Å²) in [5.41, 5.74) is 7.67. The molecule has 3 heterocycles. The van der Waals surface area contributed by atoms with Crippen molar-refractivity contribution in [3.8, 4) is 28.8 Å². The average molecular weight is 405 g/mol. The standard InChI is InChI=1S/C22H17F2N5O/c1-2-30-17-5-3-4-15(10-17)18-11-19(21(23)24)29-22(28-18)16(13-27-29)8-6-14-7-9-20(25)26-12-14/h3-5,7,9-13,21H,2H2,1H3,(H2,25,26). The van der Waals surface area contributed by atoms with Crippen LogP contribution in [0.1, 0.15) is 30.2 Å². The first-order chi connectivity index (χ1) is 14.5. The summed E-state index contributed by atoms with van der Waals surface area (Å²) < 4.78 is 34.1. The molecule has 0 unspecified atom stereocenters. The smallest absolute Gasteiger partial charge is 0.280 e. The molecule has 150 valence electrons. The van der Waals surface area contributed by atoms with Crippen LogP contribution >= 0.6 is 0 Å². The molecule has 30 heavy (non-hydrogen) atoms. The number of halogens is 2. The molecule has 4 rings (SSSR count). The van der Waals surface area contributed by atoms with Crippen LogP contribution in [0.15, 0.2) is 54.9 Å². The SMILES string of the molecule is CCOc1cccc(-c2cc(C(F)F)n3ncc(C#Cc4ccc(N)nc4)c3n2)c1. The van der Waals surface area contributed by atoms with E-state index in [1.807, 2.05) is 6.92 Å². The number of nitrogens with two attached hydrogens (primary N) is 1. The molecule has 0 saturated heterocycles. The van der Waals surface area contributed by atoms with E-state index < -0.39 is 6.43 Å². The molecule has 0 aliphatic heterocycles. The van der Waals surface area contributed by atoms with E-state index in [2.05, 4.69) is 26.9 Å². The largest absolute Gasteiger partial charge is 0.494 e. The van der Waals surface area contributed by atoms with E-state index >= 15 is 0 Å². The fourth-order valence-electron chi connectivity index (χ4n) is 2.91. The summed E-state index contributed by atoms with van der Waals surface area (Å²) in [5.74, 6) is 6.89. The lowest BCUT2D eigenvalue weighted by atomic mass is 10.1. The zero-order chi connectivity index (χ0) is 21.1. The molecular formula is C22H17F2N5O. The van der Waals surface area contributed by atoms with Crippen LogP contribution in [0.5, 0.6) is 5.75 Å². The van der Waals surface area contributed by atoms with Crippen molar-refractivity contribution in [2.45, 2.75) is 13.3 Å². The highest BCUT2D eigenvalue weighted by molar-refractivity contribution is 5.67. The van der Waals surface area contributed by atoms with Crippen LogP contribution < -0.4 is 10.5 Å². The second kappa shape index (κ2) is 8.17. The fourth-order valence-corrected chi connectivity index (χ4v) is 2.91. The number of nitrogen functional groups attached to an aromatic ring is 1. The number of hydrogen-bond acceptors (Lipinski definition) is 5. The number of alkyl halides is 2. The molecule has 0 aliphatic rings. The molecule has 6 nitrogen and oxygen atoms in total. The van der Waals surface area contributed by atoms with Crippen molar-refractivity contribution in [1.29, 1.82) is 0 Å². The van der Waals surface area contributed by atoms with Crippen molar-refractivity contribution >= 4 is 11.5 Å². The molecule has 0 bridgehead atoms. The van der Waals surface area contributed by atoms with Gasteiger partial charge in [-0.05, 0) is 37.3 Å². The Morgan fingerprint density at radius 1 is 1.13 bits per heavy atom. The van der Waals surface area contributed by atoms with Crippen LogP contribution in [0, 0.1) is 11.8 Å². The Hall–Kier alpha value is -3.99. The molecule has 0 radical (unpaired) electrons.